The molecule has 1 heterocycles. The van der Waals surface area contributed by atoms with Crippen LogP contribution in [0.1, 0.15) is 0 Å². The number of ether oxygens (including phenoxy) is 1. The van der Waals surface area contributed by atoms with Gasteiger partial charge in [0.25, 0.3) is 0 Å². The molecule has 2 aromatic rings. The number of anilines is 3. The molecule has 0 spiro atoms. The van der Waals surface area contributed by atoms with Crippen molar-refractivity contribution in [3.05, 3.63) is 47.5 Å². The van der Waals surface area contributed by atoms with Crippen molar-refractivity contribution in [2.45, 2.75) is 0 Å². The van der Waals surface area contributed by atoms with Crippen molar-refractivity contribution in [1.82, 2.24) is 4.90 Å². The molecule has 2 aromatic carbocycles. The molecule has 3 rings (SSSR count). The third kappa shape index (κ3) is 4.59. The number of methoxy groups -OCH3 is 1. The maximum atomic E-state index is 12.2. The number of piperazine rings is 1. The lowest BCUT2D eigenvalue weighted by molar-refractivity contribution is 0.262. The van der Waals surface area contributed by atoms with E-state index in [1.165, 1.54) is 5.69 Å². The zero-order valence-corrected chi connectivity index (χ0v) is 15.7. The summed E-state index contributed by atoms with van der Waals surface area (Å²) in [6, 6.07) is 12.6. The van der Waals surface area contributed by atoms with Crippen LogP contribution in [0.3, 0.4) is 0 Å². The summed E-state index contributed by atoms with van der Waals surface area (Å²) in [5, 5.41) is 6.11. The van der Waals surface area contributed by atoms with Gasteiger partial charge in [-0.3, -0.25) is 0 Å². The fourth-order valence-corrected chi connectivity index (χ4v) is 3.05. The molecule has 0 atom stereocenters. The number of rotatable bonds is 4. The van der Waals surface area contributed by atoms with E-state index in [1.54, 1.807) is 25.3 Å². The first-order valence-electron chi connectivity index (χ1n) is 8.50. The highest BCUT2D eigenvalue weighted by atomic mass is 35.5. The molecule has 2 N–H and O–H groups in total. The van der Waals surface area contributed by atoms with Crippen molar-refractivity contribution in [3.63, 3.8) is 0 Å². The molecule has 1 saturated heterocycles. The predicted molar refractivity (Wildman–Crippen MR) is 107 cm³/mol. The van der Waals surface area contributed by atoms with Crippen LogP contribution in [0.4, 0.5) is 21.9 Å². The standard InChI is InChI=1S/C19H23ClN4O2/c1-23-9-11-24(12-10-23)16-6-4-15(5-7-16)21-19(25)22-17-13-14(20)3-8-18(17)26-2/h3-8,13H,9-12H2,1-2H3,(H2,21,22,25). The highest BCUT2D eigenvalue weighted by Crippen LogP contribution is 2.28. The normalized spacial score (nSPS) is 14.8. The average Bonchev–Trinajstić information content (AvgIpc) is 2.63. The number of urea groups is 1. The SMILES string of the molecule is COc1ccc(Cl)cc1NC(=O)Nc1ccc(N2CCN(C)CC2)cc1. The summed E-state index contributed by atoms with van der Waals surface area (Å²) in [4.78, 5) is 16.9. The van der Waals surface area contributed by atoms with Gasteiger partial charge in [-0.05, 0) is 49.5 Å². The topological polar surface area (TPSA) is 56.8 Å². The van der Waals surface area contributed by atoms with Gasteiger partial charge < -0.3 is 25.2 Å². The first-order valence-corrected chi connectivity index (χ1v) is 8.88. The number of halogens is 1. The van der Waals surface area contributed by atoms with Crippen molar-refractivity contribution in [3.8, 4) is 5.75 Å². The maximum Gasteiger partial charge on any atom is 0.323 e. The lowest BCUT2D eigenvalue weighted by atomic mass is 10.2. The largest absolute Gasteiger partial charge is 0.495 e. The summed E-state index contributed by atoms with van der Waals surface area (Å²) >= 11 is 5.98. The summed E-state index contributed by atoms with van der Waals surface area (Å²) in [5.74, 6) is 0.551. The van der Waals surface area contributed by atoms with E-state index < -0.39 is 0 Å². The zero-order valence-electron chi connectivity index (χ0n) is 15.0. The highest BCUT2D eigenvalue weighted by molar-refractivity contribution is 6.31. The van der Waals surface area contributed by atoms with Crippen molar-refractivity contribution in [1.29, 1.82) is 0 Å². The Morgan fingerprint density at radius 1 is 1.04 bits per heavy atom. The minimum absolute atomic E-state index is 0.349. The Labute approximate surface area is 158 Å². The number of benzene rings is 2. The second-order valence-corrected chi connectivity index (χ2v) is 6.70. The molecule has 0 unspecified atom stereocenters. The molecule has 0 radical (unpaired) electrons. The van der Waals surface area contributed by atoms with Gasteiger partial charge >= 0.3 is 6.03 Å². The van der Waals surface area contributed by atoms with Crippen molar-refractivity contribution < 1.29 is 9.53 Å². The molecule has 0 saturated carbocycles. The Bertz CT molecular complexity index is 759. The van der Waals surface area contributed by atoms with E-state index >= 15 is 0 Å². The van der Waals surface area contributed by atoms with E-state index in [2.05, 4.69) is 27.5 Å². The van der Waals surface area contributed by atoms with Gasteiger partial charge in [-0.15, -0.1) is 0 Å². The number of amides is 2. The quantitative estimate of drug-likeness (QED) is 0.855. The lowest BCUT2D eigenvalue weighted by Crippen LogP contribution is -2.44. The fourth-order valence-electron chi connectivity index (χ4n) is 2.88. The Kier molecular flexibility index (Phi) is 5.85. The summed E-state index contributed by atoms with van der Waals surface area (Å²) in [7, 11) is 3.68. The first-order chi connectivity index (χ1) is 12.5. The van der Waals surface area contributed by atoms with Crippen LogP contribution in [0.15, 0.2) is 42.5 Å². The number of hydrogen-bond acceptors (Lipinski definition) is 4. The Balaban J connectivity index is 1.60. The molecule has 1 aliphatic heterocycles. The van der Waals surface area contributed by atoms with E-state index in [-0.39, 0.29) is 6.03 Å². The van der Waals surface area contributed by atoms with Gasteiger partial charge in [0.15, 0.2) is 0 Å². The number of nitrogens with one attached hydrogen (secondary N) is 2. The van der Waals surface area contributed by atoms with E-state index in [9.17, 15) is 4.79 Å². The van der Waals surface area contributed by atoms with Crippen LogP contribution in [-0.4, -0.2) is 51.3 Å². The van der Waals surface area contributed by atoms with Crippen molar-refractivity contribution >= 4 is 34.7 Å². The Morgan fingerprint density at radius 2 is 1.73 bits per heavy atom. The van der Waals surface area contributed by atoms with E-state index in [1.807, 2.05) is 24.3 Å². The van der Waals surface area contributed by atoms with Crippen molar-refractivity contribution in [2.24, 2.45) is 0 Å². The van der Waals surface area contributed by atoms with Gasteiger partial charge in [0.05, 0.1) is 12.8 Å². The smallest absolute Gasteiger partial charge is 0.323 e. The fraction of sp³-hybridized carbons (Fsp3) is 0.316. The molecule has 2 amide bonds. The van der Waals surface area contributed by atoms with Crippen LogP contribution in [0, 0.1) is 0 Å². The molecule has 6 nitrogen and oxygen atoms in total. The molecule has 0 bridgehead atoms. The summed E-state index contributed by atoms with van der Waals surface area (Å²) in [6.45, 7) is 4.14. The second kappa shape index (κ2) is 8.29. The summed E-state index contributed by atoms with van der Waals surface area (Å²) < 4.78 is 5.23. The average molecular weight is 375 g/mol. The van der Waals surface area contributed by atoms with E-state index in [0.29, 0.717) is 16.5 Å². The maximum absolute atomic E-state index is 12.2. The predicted octanol–water partition coefficient (Wildman–Crippen LogP) is 3.74. The van der Waals surface area contributed by atoms with Crippen LogP contribution < -0.4 is 20.3 Å². The Morgan fingerprint density at radius 3 is 2.38 bits per heavy atom. The third-order valence-electron chi connectivity index (χ3n) is 4.40. The molecular weight excluding hydrogens is 352 g/mol. The zero-order chi connectivity index (χ0) is 18.5. The van der Waals surface area contributed by atoms with Crippen molar-refractivity contribution in [2.75, 3.05) is 55.9 Å². The number of nitrogens with zero attached hydrogens (tertiary/aromatic N) is 2. The minimum Gasteiger partial charge on any atom is -0.495 e. The number of carbonyl (C=O) groups excluding carboxylic acids is 1. The third-order valence-corrected chi connectivity index (χ3v) is 4.64. The van der Waals surface area contributed by atoms with Crippen LogP contribution in [0.2, 0.25) is 5.02 Å². The van der Waals surface area contributed by atoms with E-state index in [4.69, 9.17) is 16.3 Å². The van der Waals surface area contributed by atoms with E-state index in [0.717, 1.165) is 31.9 Å². The minimum atomic E-state index is -0.349. The molecule has 7 heteroatoms. The molecule has 1 fully saturated rings. The monoisotopic (exact) mass is 374 g/mol. The Hall–Kier alpha value is -2.44. The molecule has 1 aliphatic rings. The van der Waals surface area contributed by atoms with Gasteiger partial charge in [0.1, 0.15) is 5.75 Å². The number of hydrogen-bond donors (Lipinski definition) is 2. The second-order valence-electron chi connectivity index (χ2n) is 6.26. The molecule has 26 heavy (non-hydrogen) atoms. The van der Waals surface area contributed by atoms with Crippen LogP contribution in [0.25, 0.3) is 0 Å². The molecule has 0 aromatic heterocycles. The van der Waals surface area contributed by atoms with Gasteiger partial charge in [-0.25, -0.2) is 4.79 Å². The van der Waals surface area contributed by atoms with Gasteiger partial charge in [0, 0.05) is 42.6 Å². The molecule has 0 aliphatic carbocycles. The number of carbonyl (C=O) groups is 1. The summed E-state index contributed by atoms with van der Waals surface area (Å²) in [5.41, 5.74) is 2.41. The lowest BCUT2D eigenvalue weighted by Gasteiger charge is -2.34. The first kappa shape index (κ1) is 18.4. The highest BCUT2D eigenvalue weighted by Gasteiger charge is 2.14. The summed E-state index contributed by atoms with van der Waals surface area (Å²) in [6.07, 6.45) is 0. The van der Waals surface area contributed by atoms with Crippen LogP contribution in [0.5, 0.6) is 5.75 Å². The molecular formula is C19H23ClN4O2. The van der Waals surface area contributed by atoms with Crippen LogP contribution in [-0.2, 0) is 0 Å². The van der Waals surface area contributed by atoms with Gasteiger partial charge in [0.2, 0.25) is 0 Å². The van der Waals surface area contributed by atoms with Gasteiger partial charge in [-0.2, -0.15) is 0 Å². The van der Waals surface area contributed by atoms with Gasteiger partial charge in [-0.1, -0.05) is 11.6 Å². The molecule has 138 valence electrons. The van der Waals surface area contributed by atoms with Crippen LogP contribution >= 0.6 is 11.6 Å². The number of likely N-dealkylation sites (N-methyl/N-ethyl adjacent to an activating group) is 1.